The highest BCUT2D eigenvalue weighted by atomic mass is 16.5. The number of nitrogens with zero attached hydrogens (tertiary/aromatic N) is 4. The summed E-state index contributed by atoms with van der Waals surface area (Å²) in [6, 6.07) is 1.77. The van der Waals surface area contributed by atoms with E-state index in [1.165, 1.54) is 0 Å². The standard InChI is InChI=1S/C10H15N7O/c1-3-12-7-4-8(16-10(11)15-7)13-5-9-14-6(2)18-17-9/h4H,3,5H2,1-2H3,(H4,11,12,13,15,16). The smallest absolute Gasteiger partial charge is 0.223 e. The Hall–Kier alpha value is -2.38. The van der Waals surface area contributed by atoms with Gasteiger partial charge in [-0.25, -0.2) is 0 Å². The quantitative estimate of drug-likeness (QED) is 0.712. The van der Waals surface area contributed by atoms with Gasteiger partial charge in [-0.15, -0.1) is 0 Å². The Morgan fingerprint density at radius 3 is 2.56 bits per heavy atom. The summed E-state index contributed by atoms with van der Waals surface area (Å²) in [5.41, 5.74) is 5.61. The van der Waals surface area contributed by atoms with Gasteiger partial charge in [0.1, 0.15) is 11.6 Å². The number of rotatable bonds is 5. The highest BCUT2D eigenvalue weighted by Gasteiger charge is 2.04. The number of nitrogens with one attached hydrogen (secondary N) is 2. The van der Waals surface area contributed by atoms with E-state index in [1.54, 1.807) is 13.0 Å². The Balaban J connectivity index is 2.04. The monoisotopic (exact) mass is 249 g/mol. The molecule has 0 aromatic carbocycles. The third-order valence-corrected chi connectivity index (χ3v) is 2.10. The molecule has 18 heavy (non-hydrogen) atoms. The molecule has 0 saturated heterocycles. The number of hydrogen-bond donors (Lipinski definition) is 3. The van der Waals surface area contributed by atoms with Crippen LogP contribution in [0.1, 0.15) is 18.6 Å². The maximum Gasteiger partial charge on any atom is 0.223 e. The molecular weight excluding hydrogens is 234 g/mol. The predicted molar refractivity (Wildman–Crippen MR) is 67.0 cm³/mol. The van der Waals surface area contributed by atoms with E-state index in [0.29, 0.717) is 29.9 Å². The minimum absolute atomic E-state index is 0.209. The Kier molecular flexibility index (Phi) is 3.56. The van der Waals surface area contributed by atoms with Crippen molar-refractivity contribution in [3.63, 3.8) is 0 Å². The van der Waals surface area contributed by atoms with Crippen LogP contribution in [0, 0.1) is 6.92 Å². The number of aryl methyl sites for hydroxylation is 1. The summed E-state index contributed by atoms with van der Waals surface area (Å²) >= 11 is 0. The van der Waals surface area contributed by atoms with Crippen LogP contribution in [0.2, 0.25) is 0 Å². The molecule has 8 heteroatoms. The zero-order valence-electron chi connectivity index (χ0n) is 10.3. The molecule has 0 aliphatic carbocycles. The van der Waals surface area contributed by atoms with Crippen LogP contribution in [0.5, 0.6) is 0 Å². The lowest BCUT2D eigenvalue weighted by Gasteiger charge is -2.07. The Bertz CT molecular complexity index is 525. The van der Waals surface area contributed by atoms with Gasteiger partial charge in [-0.3, -0.25) is 0 Å². The molecule has 0 amide bonds. The molecule has 2 rings (SSSR count). The lowest BCUT2D eigenvalue weighted by molar-refractivity contribution is 0.388. The summed E-state index contributed by atoms with van der Waals surface area (Å²) in [5.74, 6) is 2.59. The fourth-order valence-corrected chi connectivity index (χ4v) is 1.41. The normalized spacial score (nSPS) is 10.3. The second-order valence-electron chi connectivity index (χ2n) is 3.61. The third-order valence-electron chi connectivity index (χ3n) is 2.10. The van der Waals surface area contributed by atoms with Gasteiger partial charge in [0.15, 0.2) is 5.82 Å². The Morgan fingerprint density at radius 1 is 1.22 bits per heavy atom. The first-order chi connectivity index (χ1) is 8.67. The van der Waals surface area contributed by atoms with Crippen molar-refractivity contribution in [3.8, 4) is 0 Å². The summed E-state index contributed by atoms with van der Waals surface area (Å²) in [6.45, 7) is 4.90. The molecule has 2 aromatic heterocycles. The van der Waals surface area contributed by atoms with Crippen molar-refractivity contribution in [2.45, 2.75) is 20.4 Å². The molecule has 0 aliphatic heterocycles. The lowest BCUT2D eigenvalue weighted by Crippen LogP contribution is -2.08. The van der Waals surface area contributed by atoms with Crippen LogP contribution in [0.3, 0.4) is 0 Å². The van der Waals surface area contributed by atoms with Crippen LogP contribution in [0.25, 0.3) is 0 Å². The van der Waals surface area contributed by atoms with Gasteiger partial charge in [-0.2, -0.15) is 15.0 Å². The molecule has 0 fully saturated rings. The van der Waals surface area contributed by atoms with Gasteiger partial charge >= 0.3 is 0 Å². The number of anilines is 3. The average molecular weight is 249 g/mol. The van der Waals surface area contributed by atoms with Gasteiger partial charge in [0.2, 0.25) is 11.8 Å². The van der Waals surface area contributed by atoms with Crippen molar-refractivity contribution in [2.75, 3.05) is 22.9 Å². The van der Waals surface area contributed by atoms with E-state index in [9.17, 15) is 0 Å². The summed E-state index contributed by atoms with van der Waals surface area (Å²) in [5, 5.41) is 9.90. The fraction of sp³-hybridized carbons (Fsp3) is 0.400. The van der Waals surface area contributed by atoms with E-state index < -0.39 is 0 Å². The minimum Gasteiger partial charge on any atom is -0.370 e. The summed E-state index contributed by atoms with van der Waals surface area (Å²) in [6.07, 6.45) is 0. The van der Waals surface area contributed by atoms with Gasteiger partial charge in [-0.1, -0.05) is 5.16 Å². The van der Waals surface area contributed by atoms with Crippen molar-refractivity contribution in [1.82, 2.24) is 20.1 Å². The molecule has 2 aromatic rings. The van der Waals surface area contributed by atoms with Gasteiger partial charge < -0.3 is 20.9 Å². The second kappa shape index (κ2) is 5.30. The number of nitrogens with two attached hydrogens (primary N) is 1. The first-order valence-corrected chi connectivity index (χ1v) is 5.59. The van der Waals surface area contributed by atoms with Gasteiger partial charge in [0.25, 0.3) is 0 Å². The third kappa shape index (κ3) is 3.06. The fourth-order valence-electron chi connectivity index (χ4n) is 1.41. The average Bonchev–Trinajstić information content (AvgIpc) is 2.72. The molecule has 0 unspecified atom stereocenters. The van der Waals surface area contributed by atoms with E-state index in [-0.39, 0.29) is 5.95 Å². The SMILES string of the molecule is CCNc1cc(NCc2noc(C)n2)nc(N)n1. The van der Waals surface area contributed by atoms with Gasteiger partial charge in [-0.05, 0) is 6.92 Å². The Morgan fingerprint density at radius 2 is 1.94 bits per heavy atom. The highest BCUT2D eigenvalue weighted by molar-refractivity contribution is 5.50. The van der Waals surface area contributed by atoms with Crippen molar-refractivity contribution >= 4 is 17.6 Å². The predicted octanol–water partition coefficient (Wildman–Crippen LogP) is 0.794. The topological polar surface area (TPSA) is 115 Å². The van der Waals surface area contributed by atoms with Crippen LogP contribution in [-0.4, -0.2) is 26.7 Å². The van der Waals surface area contributed by atoms with E-state index in [0.717, 1.165) is 6.54 Å². The number of nitrogen functional groups attached to an aromatic ring is 1. The maximum atomic E-state index is 5.61. The van der Waals surface area contributed by atoms with Gasteiger partial charge in [0.05, 0.1) is 6.54 Å². The van der Waals surface area contributed by atoms with Crippen molar-refractivity contribution in [2.24, 2.45) is 0 Å². The molecule has 4 N–H and O–H groups in total. The van der Waals surface area contributed by atoms with E-state index >= 15 is 0 Å². The molecule has 8 nitrogen and oxygen atoms in total. The second-order valence-corrected chi connectivity index (χ2v) is 3.61. The zero-order valence-corrected chi connectivity index (χ0v) is 10.3. The van der Waals surface area contributed by atoms with Crippen LogP contribution in [0.4, 0.5) is 17.6 Å². The first kappa shape index (κ1) is 12.1. The highest BCUT2D eigenvalue weighted by Crippen LogP contribution is 2.12. The van der Waals surface area contributed by atoms with Crippen molar-refractivity contribution < 1.29 is 4.52 Å². The summed E-state index contributed by atoms with van der Waals surface area (Å²) in [7, 11) is 0. The molecule has 0 saturated carbocycles. The number of hydrogen-bond acceptors (Lipinski definition) is 8. The molecule has 96 valence electrons. The molecule has 0 atom stereocenters. The molecule has 0 spiro atoms. The molecule has 2 heterocycles. The van der Waals surface area contributed by atoms with E-state index in [1.807, 2.05) is 6.92 Å². The number of aromatic nitrogens is 4. The van der Waals surface area contributed by atoms with E-state index in [4.69, 9.17) is 10.3 Å². The minimum atomic E-state index is 0.209. The molecule has 0 bridgehead atoms. The lowest BCUT2D eigenvalue weighted by atomic mass is 10.5. The van der Waals surface area contributed by atoms with Crippen LogP contribution >= 0.6 is 0 Å². The van der Waals surface area contributed by atoms with Crippen LogP contribution < -0.4 is 16.4 Å². The van der Waals surface area contributed by atoms with Gasteiger partial charge in [0, 0.05) is 19.5 Å². The van der Waals surface area contributed by atoms with Crippen molar-refractivity contribution in [3.05, 3.63) is 17.8 Å². The first-order valence-electron chi connectivity index (χ1n) is 5.59. The van der Waals surface area contributed by atoms with E-state index in [2.05, 4.69) is 30.7 Å². The molecule has 0 aliphatic rings. The van der Waals surface area contributed by atoms with Crippen molar-refractivity contribution in [1.29, 1.82) is 0 Å². The van der Waals surface area contributed by atoms with Crippen LogP contribution in [-0.2, 0) is 6.54 Å². The van der Waals surface area contributed by atoms with Crippen LogP contribution in [0.15, 0.2) is 10.6 Å². The molecule has 0 radical (unpaired) electrons. The molecular formula is C10H15N7O. The maximum absolute atomic E-state index is 5.61. The summed E-state index contributed by atoms with van der Waals surface area (Å²) in [4.78, 5) is 12.2. The summed E-state index contributed by atoms with van der Waals surface area (Å²) < 4.78 is 4.87. The zero-order chi connectivity index (χ0) is 13.0. The Labute approximate surface area is 104 Å². The largest absolute Gasteiger partial charge is 0.370 e.